The van der Waals surface area contributed by atoms with Crippen molar-refractivity contribution in [3.63, 3.8) is 0 Å². The predicted molar refractivity (Wildman–Crippen MR) is 215 cm³/mol. The summed E-state index contributed by atoms with van der Waals surface area (Å²) in [5.74, 6) is 0.535. The summed E-state index contributed by atoms with van der Waals surface area (Å²) in [6.45, 7) is 3.86. The molecule has 58 heavy (non-hydrogen) atoms. The van der Waals surface area contributed by atoms with Crippen LogP contribution in [-0.4, -0.2) is 111 Å². The zero-order chi connectivity index (χ0) is 40.2. The Balaban J connectivity index is 1.03. The van der Waals surface area contributed by atoms with Crippen LogP contribution in [0.4, 0.5) is 16.6 Å². The maximum atomic E-state index is 12.9. The number of fused-ring (bicyclic) bond motifs is 1. The number of aliphatic hydroxyl groups excluding tert-OH is 2. The smallest absolute Gasteiger partial charge is 0.335 e. The molecule has 17 heteroatoms. The first-order valence-corrected chi connectivity index (χ1v) is 19.6. The van der Waals surface area contributed by atoms with E-state index in [9.17, 15) is 19.8 Å². The van der Waals surface area contributed by atoms with Gasteiger partial charge in [-0.2, -0.15) is 14.8 Å². The van der Waals surface area contributed by atoms with Crippen molar-refractivity contribution in [2.75, 3.05) is 36.4 Å². The average Bonchev–Trinajstić information content (AvgIpc) is 4.06. The number of benzene rings is 3. The molecule has 2 amide bonds. The highest BCUT2D eigenvalue weighted by atomic mass is 16.4. The quantitative estimate of drug-likeness (QED) is 0.0934. The van der Waals surface area contributed by atoms with E-state index >= 15 is 0 Å². The number of aliphatic hydroxyl groups is 2. The molecule has 6 aromatic rings. The topological polar surface area (TPSA) is 221 Å². The first-order chi connectivity index (χ1) is 28.2. The maximum Gasteiger partial charge on any atom is 0.335 e. The van der Waals surface area contributed by atoms with E-state index in [-0.39, 0.29) is 23.6 Å². The fourth-order valence-electron chi connectivity index (χ4n) is 7.87. The number of urea groups is 1. The molecule has 1 aliphatic heterocycles. The molecule has 17 nitrogen and oxygen atoms in total. The SMILES string of the molecule is CCc1nnn([C@H]2C[C@@H](n3cnc4c(NCC(c5ccccc5)c5ccccc5)nc(N5CC[C@@H](NC(=O)NCCc6ccc(C(=O)O)cc6)C5)nc43)[C@H](O)[C@@H]2O)n1. The largest absolute Gasteiger partial charge is 0.478 e. The Labute approximate surface area is 334 Å². The van der Waals surface area contributed by atoms with Crippen LogP contribution >= 0.6 is 0 Å². The van der Waals surface area contributed by atoms with Crippen molar-refractivity contribution in [1.82, 2.24) is 50.4 Å². The minimum absolute atomic E-state index is 0.00307. The van der Waals surface area contributed by atoms with Crippen molar-refractivity contribution in [1.29, 1.82) is 0 Å². The number of aromatic nitrogens is 8. The Morgan fingerprint density at radius 1 is 0.914 bits per heavy atom. The molecular formula is C41H46N12O5. The van der Waals surface area contributed by atoms with E-state index in [1.165, 1.54) is 4.80 Å². The molecule has 3 aromatic carbocycles. The highest BCUT2D eigenvalue weighted by Gasteiger charge is 2.45. The van der Waals surface area contributed by atoms with E-state index in [1.807, 2.05) is 48.2 Å². The van der Waals surface area contributed by atoms with Gasteiger partial charge in [-0.15, -0.1) is 10.2 Å². The molecule has 3 aromatic heterocycles. The van der Waals surface area contributed by atoms with Crippen LogP contribution in [-0.2, 0) is 12.8 Å². The zero-order valence-corrected chi connectivity index (χ0v) is 32.0. The number of nitrogens with one attached hydrogen (secondary N) is 3. The molecule has 2 fully saturated rings. The van der Waals surface area contributed by atoms with Crippen molar-refractivity contribution in [3.8, 4) is 0 Å². The normalized spacial score (nSPS) is 20.5. The zero-order valence-electron chi connectivity index (χ0n) is 32.0. The summed E-state index contributed by atoms with van der Waals surface area (Å²) in [5, 5.41) is 54.0. The van der Waals surface area contributed by atoms with Crippen molar-refractivity contribution in [3.05, 3.63) is 119 Å². The van der Waals surface area contributed by atoms with Crippen LogP contribution in [0.3, 0.4) is 0 Å². The molecule has 4 heterocycles. The van der Waals surface area contributed by atoms with E-state index in [4.69, 9.17) is 20.1 Å². The second-order valence-electron chi connectivity index (χ2n) is 14.8. The number of amides is 2. The van der Waals surface area contributed by atoms with Crippen LogP contribution in [0.1, 0.15) is 70.6 Å². The molecule has 300 valence electrons. The highest BCUT2D eigenvalue weighted by molar-refractivity contribution is 5.87. The number of hydrogen-bond acceptors (Lipinski definition) is 12. The number of anilines is 2. The average molecular weight is 787 g/mol. The minimum Gasteiger partial charge on any atom is -0.478 e. The lowest BCUT2D eigenvalue weighted by Crippen LogP contribution is -2.44. The number of nitrogens with zero attached hydrogens (tertiary/aromatic N) is 9. The Kier molecular flexibility index (Phi) is 11.2. The summed E-state index contributed by atoms with van der Waals surface area (Å²) >= 11 is 0. The monoisotopic (exact) mass is 786 g/mol. The van der Waals surface area contributed by atoms with Crippen LogP contribution in [0.25, 0.3) is 11.2 Å². The molecule has 1 aliphatic carbocycles. The predicted octanol–water partition coefficient (Wildman–Crippen LogP) is 3.35. The van der Waals surface area contributed by atoms with Crippen LogP contribution in [0.2, 0.25) is 0 Å². The third kappa shape index (κ3) is 8.17. The van der Waals surface area contributed by atoms with Gasteiger partial charge in [-0.3, -0.25) is 0 Å². The lowest BCUT2D eigenvalue weighted by molar-refractivity contribution is 0.00473. The van der Waals surface area contributed by atoms with Gasteiger partial charge >= 0.3 is 12.0 Å². The summed E-state index contributed by atoms with van der Waals surface area (Å²) in [4.78, 5) is 42.3. The molecular weight excluding hydrogens is 741 g/mol. The Bertz CT molecular complexity index is 2300. The Morgan fingerprint density at radius 3 is 2.29 bits per heavy atom. The number of aromatic carboxylic acids is 1. The van der Waals surface area contributed by atoms with E-state index in [2.05, 4.69) is 55.6 Å². The molecule has 0 bridgehead atoms. The Hall–Kier alpha value is -6.46. The number of carboxylic acid groups (broad SMARTS) is 1. The van der Waals surface area contributed by atoms with Crippen LogP contribution < -0.4 is 20.9 Å². The van der Waals surface area contributed by atoms with E-state index in [0.29, 0.717) is 80.6 Å². The third-order valence-electron chi connectivity index (χ3n) is 11.1. The molecule has 0 spiro atoms. The number of tetrazole rings is 1. The van der Waals surface area contributed by atoms with Crippen LogP contribution in [0.5, 0.6) is 0 Å². The van der Waals surface area contributed by atoms with Crippen LogP contribution in [0, 0.1) is 0 Å². The number of hydrogen-bond donors (Lipinski definition) is 6. The summed E-state index contributed by atoms with van der Waals surface area (Å²) < 4.78 is 1.80. The molecule has 0 radical (unpaired) electrons. The number of carbonyl (C=O) groups excluding carboxylic acids is 1. The maximum absolute atomic E-state index is 12.9. The van der Waals surface area contributed by atoms with Gasteiger partial charge in [-0.05, 0) is 53.3 Å². The molecule has 1 saturated carbocycles. The Morgan fingerprint density at radius 2 is 1.62 bits per heavy atom. The van der Waals surface area contributed by atoms with E-state index in [1.54, 1.807) is 35.2 Å². The number of rotatable bonds is 14. The second kappa shape index (κ2) is 17.0. The van der Waals surface area contributed by atoms with Gasteiger partial charge in [0.15, 0.2) is 22.8 Å². The van der Waals surface area contributed by atoms with Crippen molar-refractivity contribution < 1.29 is 24.9 Å². The summed E-state index contributed by atoms with van der Waals surface area (Å²) in [7, 11) is 0. The molecule has 5 atom stereocenters. The first-order valence-electron chi connectivity index (χ1n) is 19.6. The second-order valence-corrected chi connectivity index (χ2v) is 14.8. The van der Waals surface area contributed by atoms with Crippen molar-refractivity contribution >= 4 is 34.9 Å². The number of carboxylic acids is 1. The fraction of sp³-hybridized carbons (Fsp3) is 0.366. The van der Waals surface area contributed by atoms with Gasteiger partial charge in [-0.25, -0.2) is 14.6 Å². The lowest BCUT2D eigenvalue weighted by atomic mass is 9.91. The number of aryl methyl sites for hydroxylation is 1. The molecule has 6 N–H and O–H groups in total. The summed E-state index contributed by atoms with van der Waals surface area (Å²) in [6.07, 6.45) is 1.46. The molecule has 0 unspecified atom stereocenters. The minimum atomic E-state index is -1.16. The van der Waals surface area contributed by atoms with E-state index < -0.39 is 30.3 Å². The van der Waals surface area contributed by atoms with Crippen molar-refractivity contribution in [2.45, 2.75) is 68.9 Å². The highest BCUT2D eigenvalue weighted by Crippen LogP contribution is 2.40. The molecule has 2 aliphatic rings. The fourth-order valence-corrected chi connectivity index (χ4v) is 7.87. The van der Waals surface area contributed by atoms with Gasteiger partial charge < -0.3 is 40.7 Å². The van der Waals surface area contributed by atoms with Crippen molar-refractivity contribution in [2.24, 2.45) is 0 Å². The first kappa shape index (κ1) is 38.4. The van der Waals surface area contributed by atoms with Crippen LogP contribution in [0.15, 0.2) is 91.3 Å². The molecule has 1 saturated heterocycles. The summed E-state index contributed by atoms with van der Waals surface area (Å²) in [6, 6.07) is 25.5. The van der Waals surface area contributed by atoms with E-state index in [0.717, 1.165) is 16.7 Å². The third-order valence-corrected chi connectivity index (χ3v) is 11.1. The standard InChI is InChI=1S/C41H46N12O5/c1-2-33-48-50-53(49-33)32-21-31(35(54)36(32)55)52-24-44-34-37(43-22-30(26-9-5-3-6-10-26)27-11-7-4-8-12-27)46-40(47-38(34)52)51-20-18-29(23-51)45-41(58)42-19-17-25-13-15-28(16-14-25)39(56)57/h3-16,24,29-32,35-36,54-55H,2,17-23H2,1H3,(H,56,57)(H2,42,45,58)(H,43,46,47)/t29-,31-,32+,35+,36-/m1/s1. The lowest BCUT2D eigenvalue weighted by Gasteiger charge is -2.22. The van der Waals surface area contributed by atoms with Gasteiger partial charge in [0.05, 0.1) is 17.9 Å². The number of imidazole rings is 1. The summed E-state index contributed by atoms with van der Waals surface area (Å²) in [5.41, 5.74) is 4.43. The number of carbonyl (C=O) groups is 2. The van der Waals surface area contributed by atoms with Gasteiger partial charge in [0.25, 0.3) is 0 Å². The van der Waals surface area contributed by atoms with Gasteiger partial charge in [0.2, 0.25) is 5.95 Å². The molecule has 8 rings (SSSR count). The van der Waals surface area contributed by atoms with Gasteiger partial charge in [0, 0.05) is 44.6 Å². The van der Waals surface area contributed by atoms with Gasteiger partial charge in [-0.1, -0.05) is 79.7 Å². The van der Waals surface area contributed by atoms with Gasteiger partial charge in [0.1, 0.15) is 18.2 Å².